The van der Waals surface area contributed by atoms with E-state index >= 15 is 0 Å². The molecule has 3 aromatic rings. The lowest BCUT2D eigenvalue weighted by molar-refractivity contribution is -0.143. The molecule has 1 aromatic heterocycles. The number of carbonyl (C=O) groups excluding carboxylic acids is 2. The maximum absolute atomic E-state index is 13.9. The minimum Gasteiger partial charge on any atom is -0.486 e. The highest BCUT2D eigenvalue weighted by molar-refractivity contribution is 6.06. The number of furan rings is 1. The van der Waals surface area contributed by atoms with Crippen LogP contribution in [0.25, 0.3) is 11.0 Å². The molecule has 2 atom stereocenters. The SMILES string of the molecule is C#CCN1C(=O)c2oc3ccc(F)cc3c2OC[C@]1(C)C(=O)N(C(=O)O)[C@@H](C)c1ccccc1. The minimum atomic E-state index is -1.80. The minimum absolute atomic E-state index is 0.0315. The molecule has 0 radical (unpaired) electrons. The van der Waals surface area contributed by atoms with Gasteiger partial charge in [-0.1, -0.05) is 36.3 Å². The molecule has 3 amide bonds. The van der Waals surface area contributed by atoms with Gasteiger partial charge in [-0.15, -0.1) is 6.42 Å². The third-order valence-electron chi connectivity index (χ3n) is 5.94. The van der Waals surface area contributed by atoms with Crippen LogP contribution in [0.15, 0.2) is 52.9 Å². The van der Waals surface area contributed by atoms with Gasteiger partial charge in [0.15, 0.2) is 11.3 Å². The molecule has 174 valence electrons. The van der Waals surface area contributed by atoms with Gasteiger partial charge in [-0.2, -0.15) is 0 Å². The van der Waals surface area contributed by atoms with E-state index in [4.69, 9.17) is 15.6 Å². The highest BCUT2D eigenvalue weighted by atomic mass is 19.1. The summed E-state index contributed by atoms with van der Waals surface area (Å²) < 4.78 is 25.3. The summed E-state index contributed by atoms with van der Waals surface area (Å²) in [6, 6.07) is 11.4. The van der Waals surface area contributed by atoms with Gasteiger partial charge in [0.05, 0.1) is 18.0 Å². The van der Waals surface area contributed by atoms with Gasteiger partial charge in [-0.3, -0.25) is 9.59 Å². The van der Waals surface area contributed by atoms with Gasteiger partial charge >= 0.3 is 6.09 Å². The summed E-state index contributed by atoms with van der Waals surface area (Å²) in [4.78, 5) is 41.2. The summed E-state index contributed by atoms with van der Waals surface area (Å²) in [6.07, 6.45) is 3.99. The molecule has 9 heteroatoms. The molecule has 0 aliphatic carbocycles. The molecule has 0 unspecified atom stereocenters. The van der Waals surface area contributed by atoms with E-state index in [0.29, 0.717) is 10.5 Å². The summed E-state index contributed by atoms with van der Waals surface area (Å²) in [7, 11) is 0. The quantitative estimate of drug-likeness (QED) is 0.585. The van der Waals surface area contributed by atoms with Gasteiger partial charge in [0.2, 0.25) is 5.76 Å². The number of carboxylic acid groups (broad SMARTS) is 1. The van der Waals surface area contributed by atoms with Gasteiger partial charge in [0.1, 0.15) is 18.0 Å². The summed E-state index contributed by atoms with van der Waals surface area (Å²) in [5, 5.41) is 10.2. The number of amides is 3. The zero-order valence-corrected chi connectivity index (χ0v) is 18.4. The number of hydrogen-bond acceptors (Lipinski definition) is 5. The number of imide groups is 1. The van der Waals surface area contributed by atoms with E-state index in [2.05, 4.69) is 5.92 Å². The monoisotopic (exact) mass is 464 g/mol. The van der Waals surface area contributed by atoms with Crippen molar-refractivity contribution in [2.24, 2.45) is 0 Å². The Morgan fingerprint density at radius 1 is 1.29 bits per heavy atom. The molecule has 1 aliphatic heterocycles. The highest BCUT2D eigenvalue weighted by Gasteiger charge is 2.51. The van der Waals surface area contributed by atoms with Crippen LogP contribution < -0.4 is 4.74 Å². The van der Waals surface area contributed by atoms with Gasteiger partial charge in [0.25, 0.3) is 11.8 Å². The topological polar surface area (TPSA) is 100 Å². The Kier molecular flexibility index (Phi) is 5.75. The van der Waals surface area contributed by atoms with Crippen LogP contribution in [0.2, 0.25) is 0 Å². The fraction of sp³-hybridized carbons (Fsp3) is 0.240. The van der Waals surface area contributed by atoms with Crippen molar-refractivity contribution in [3.8, 4) is 18.1 Å². The molecule has 2 heterocycles. The molecule has 0 fully saturated rings. The fourth-order valence-corrected chi connectivity index (χ4v) is 4.05. The number of carbonyl (C=O) groups is 3. The Balaban J connectivity index is 1.79. The molecule has 0 spiro atoms. The highest BCUT2D eigenvalue weighted by Crippen LogP contribution is 2.39. The van der Waals surface area contributed by atoms with E-state index in [1.54, 1.807) is 37.3 Å². The van der Waals surface area contributed by atoms with E-state index in [9.17, 15) is 23.9 Å². The second kappa shape index (κ2) is 8.56. The van der Waals surface area contributed by atoms with E-state index in [1.807, 2.05) is 0 Å². The third kappa shape index (κ3) is 3.63. The maximum atomic E-state index is 13.9. The lowest BCUT2D eigenvalue weighted by Crippen LogP contribution is -2.63. The number of terminal acetylenes is 1. The number of hydrogen-bond donors (Lipinski definition) is 1. The van der Waals surface area contributed by atoms with Crippen LogP contribution in [0, 0.1) is 18.2 Å². The summed E-state index contributed by atoms with van der Waals surface area (Å²) in [6.45, 7) is 2.20. The van der Waals surface area contributed by atoms with Crippen LogP contribution in [0.3, 0.4) is 0 Å². The maximum Gasteiger partial charge on any atom is 0.414 e. The van der Waals surface area contributed by atoms with Gasteiger partial charge in [-0.25, -0.2) is 14.1 Å². The molecule has 0 saturated heterocycles. The average Bonchev–Trinajstić information content (AvgIpc) is 3.13. The first kappa shape index (κ1) is 22.9. The van der Waals surface area contributed by atoms with Crippen molar-refractivity contribution >= 4 is 28.9 Å². The molecular weight excluding hydrogens is 443 g/mol. The smallest absolute Gasteiger partial charge is 0.414 e. The predicted molar refractivity (Wildman–Crippen MR) is 120 cm³/mol. The Hall–Kier alpha value is -4.32. The molecule has 0 saturated carbocycles. The molecule has 1 aliphatic rings. The molecule has 1 N–H and O–H groups in total. The predicted octanol–water partition coefficient (Wildman–Crippen LogP) is 4.07. The first-order valence-corrected chi connectivity index (χ1v) is 10.4. The van der Waals surface area contributed by atoms with Crippen LogP contribution in [-0.4, -0.2) is 51.5 Å². The van der Waals surface area contributed by atoms with Crippen LogP contribution in [-0.2, 0) is 4.79 Å². The van der Waals surface area contributed by atoms with Crippen molar-refractivity contribution in [3.05, 3.63) is 65.7 Å². The van der Waals surface area contributed by atoms with Gasteiger partial charge in [0, 0.05) is 0 Å². The van der Waals surface area contributed by atoms with Crippen LogP contribution >= 0.6 is 0 Å². The number of ether oxygens (including phenoxy) is 1. The van der Waals surface area contributed by atoms with Crippen molar-refractivity contribution in [2.45, 2.75) is 25.4 Å². The van der Waals surface area contributed by atoms with Crippen molar-refractivity contribution in [3.63, 3.8) is 0 Å². The van der Waals surface area contributed by atoms with Crippen molar-refractivity contribution in [1.82, 2.24) is 9.80 Å². The van der Waals surface area contributed by atoms with Crippen LogP contribution in [0.1, 0.15) is 36.0 Å². The van der Waals surface area contributed by atoms with E-state index in [0.717, 1.165) is 11.0 Å². The number of fused-ring (bicyclic) bond motifs is 3. The summed E-state index contributed by atoms with van der Waals surface area (Å²) in [5.41, 5.74) is -0.994. The lowest BCUT2D eigenvalue weighted by Gasteiger charge is -2.40. The summed E-state index contributed by atoms with van der Waals surface area (Å²) in [5.74, 6) is -0.174. The van der Waals surface area contributed by atoms with Gasteiger partial charge < -0.3 is 19.2 Å². The Morgan fingerprint density at radius 2 is 2.00 bits per heavy atom. The number of benzene rings is 2. The third-order valence-corrected chi connectivity index (χ3v) is 5.94. The molecule has 0 bridgehead atoms. The first-order valence-electron chi connectivity index (χ1n) is 10.4. The zero-order valence-electron chi connectivity index (χ0n) is 18.4. The molecule has 4 rings (SSSR count). The Morgan fingerprint density at radius 3 is 2.65 bits per heavy atom. The molecule has 34 heavy (non-hydrogen) atoms. The van der Waals surface area contributed by atoms with Crippen LogP contribution in [0.4, 0.5) is 9.18 Å². The van der Waals surface area contributed by atoms with Crippen molar-refractivity contribution in [2.75, 3.05) is 13.2 Å². The zero-order chi connectivity index (χ0) is 24.6. The number of rotatable bonds is 4. The summed E-state index contributed by atoms with van der Waals surface area (Å²) >= 11 is 0. The standard InChI is InChI=1S/C25H21FN2O6/c1-4-12-27-22(29)21-20(18-13-17(26)10-11-19(18)34-21)33-14-25(27,3)23(30)28(24(31)32)15(2)16-8-6-5-7-9-16/h1,5-11,13,15H,12,14H2,2-3H3,(H,31,32)/t15-,25+/m0/s1. The fourth-order valence-electron chi connectivity index (χ4n) is 4.05. The van der Waals surface area contributed by atoms with Crippen molar-refractivity contribution in [1.29, 1.82) is 0 Å². The molecule has 2 aromatic carbocycles. The molecular formula is C25H21FN2O6. The average molecular weight is 464 g/mol. The van der Waals surface area contributed by atoms with E-state index in [-0.39, 0.29) is 29.0 Å². The van der Waals surface area contributed by atoms with Crippen LogP contribution in [0.5, 0.6) is 5.75 Å². The van der Waals surface area contributed by atoms with E-state index in [1.165, 1.54) is 19.1 Å². The number of nitrogens with zero attached hydrogens (tertiary/aromatic N) is 2. The number of halogens is 1. The van der Waals surface area contributed by atoms with Gasteiger partial charge in [-0.05, 0) is 37.6 Å². The lowest BCUT2D eigenvalue weighted by atomic mass is 9.96. The Labute approximate surface area is 194 Å². The van der Waals surface area contributed by atoms with E-state index < -0.39 is 41.9 Å². The first-order chi connectivity index (χ1) is 16.2. The second-order valence-electron chi connectivity index (χ2n) is 8.10. The largest absolute Gasteiger partial charge is 0.486 e. The Bertz CT molecular complexity index is 1330. The normalized spacial score (nSPS) is 18.4. The second-order valence-corrected chi connectivity index (χ2v) is 8.10. The molecule has 8 nitrogen and oxygen atoms in total. The van der Waals surface area contributed by atoms with Crippen molar-refractivity contribution < 1.29 is 33.0 Å².